The summed E-state index contributed by atoms with van der Waals surface area (Å²) in [6, 6.07) is 3.71. The molecule has 0 aromatic carbocycles. The Morgan fingerprint density at radius 3 is 2.37 bits per heavy atom. The molecule has 8 heteroatoms. The van der Waals surface area contributed by atoms with E-state index in [-0.39, 0.29) is 18.2 Å². The second-order valence-electron chi connectivity index (χ2n) is 8.91. The van der Waals surface area contributed by atoms with Crippen LogP contribution in [0, 0.1) is 6.92 Å². The minimum Gasteiger partial charge on any atom is -0.489 e. The molecule has 0 radical (unpaired) electrons. The van der Waals surface area contributed by atoms with Gasteiger partial charge in [-0.2, -0.15) is 0 Å². The van der Waals surface area contributed by atoms with Crippen molar-refractivity contribution in [3.63, 3.8) is 0 Å². The second kappa shape index (κ2) is 10.0. The highest BCUT2D eigenvalue weighted by molar-refractivity contribution is 5.69. The van der Waals surface area contributed by atoms with Gasteiger partial charge in [-0.1, -0.05) is 6.42 Å². The van der Waals surface area contributed by atoms with E-state index in [1.807, 2.05) is 39.8 Å². The van der Waals surface area contributed by atoms with Gasteiger partial charge in [-0.25, -0.2) is 15.6 Å². The monoisotopic (exact) mass is 419 g/mol. The van der Waals surface area contributed by atoms with E-state index in [0.29, 0.717) is 17.1 Å². The van der Waals surface area contributed by atoms with Gasteiger partial charge in [0.05, 0.1) is 28.9 Å². The highest BCUT2D eigenvalue weighted by atomic mass is 16.6. The average Bonchev–Trinajstić information content (AvgIpc) is 2.68. The van der Waals surface area contributed by atoms with Gasteiger partial charge in [-0.15, -0.1) is 0 Å². The Balaban J connectivity index is 2.15. The highest BCUT2D eigenvalue weighted by Crippen LogP contribution is 2.26. The largest absolute Gasteiger partial charge is 0.489 e. The third-order valence-electron chi connectivity index (χ3n) is 5.51. The third-order valence-corrected chi connectivity index (χ3v) is 5.51. The molecule has 0 bridgehead atoms. The summed E-state index contributed by atoms with van der Waals surface area (Å²) >= 11 is 0. The minimum absolute atomic E-state index is 0.0564. The van der Waals surface area contributed by atoms with Crippen LogP contribution >= 0.6 is 0 Å². The molecule has 0 aliphatic heterocycles. The van der Waals surface area contributed by atoms with Crippen LogP contribution in [0.5, 0.6) is 5.75 Å². The predicted molar refractivity (Wildman–Crippen MR) is 118 cm³/mol. The molecule has 4 N–H and O–H groups in total. The van der Waals surface area contributed by atoms with Gasteiger partial charge in [0.15, 0.2) is 0 Å². The zero-order chi connectivity index (χ0) is 22.5. The van der Waals surface area contributed by atoms with E-state index in [9.17, 15) is 4.79 Å². The van der Waals surface area contributed by atoms with Crippen LogP contribution in [0.1, 0.15) is 64.3 Å². The van der Waals surface area contributed by atoms with Gasteiger partial charge < -0.3 is 25.1 Å². The number of pyridine rings is 1. The number of amides is 1. The number of hydrogen-bond acceptors (Lipinski definition) is 7. The van der Waals surface area contributed by atoms with E-state index >= 15 is 0 Å². The molecule has 1 heterocycles. The maximum atomic E-state index is 12.3. The van der Waals surface area contributed by atoms with E-state index in [1.54, 1.807) is 14.1 Å². The molecule has 0 unspecified atom stereocenters. The Morgan fingerprint density at radius 2 is 1.83 bits per heavy atom. The van der Waals surface area contributed by atoms with Gasteiger partial charge in [0.25, 0.3) is 0 Å². The summed E-state index contributed by atoms with van der Waals surface area (Å²) in [5, 5.41) is 1.35. The maximum Gasteiger partial charge on any atom is 0.410 e. The number of carbonyl (C=O) groups is 1. The van der Waals surface area contributed by atoms with Crippen LogP contribution in [0.15, 0.2) is 17.8 Å². The van der Waals surface area contributed by atoms with Gasteiger partial charge in [0, 0.05) is 19.6 Å². The summed E-state index contributed by atoms with van der Waals surface area (Å²) in [4.78, 5) is 18.4. The van der Waals surface area contributed by atoms with Gasteiger partial charge in [0.2, 0.25) is 0 Å². The fraction of sp³-hybridized carbons (Fsp3) is 0.636. The van der Waals surface area contributed by atoms with Crippen molar-refractivity contribution in [2.45, 2.75) is 71.4 Å². The van der Waals surface area contributed by atoms with E-state index in [1.165, 1.54) is 29.2 Å². The highest BCUT2D eigenvalue weighted by Gasteiger charge is 2.24. The number of nitrogens with two attached hydrogens (primary N) is 2. The number of nitrogens with zero attached hydrogens (tertiary/aromatic N) is 3. The first-order valence-electron chi connectivity index (χ1n) is 10.5. The number of aryl methyl sites for hydroxylation is 1. The molecule has 0 atom stereocenters. The summed E-state index contributed by atoms with van der Waals surface area (Å²) in [7, 11) is 3.34. The number of hydrazine groups is 1. The molecule has 1 saturated carbocycles. The van der Waals surface area contributed by atoms with Crippen molar-refractivity contribution in [1.82, 2.24) is 14.9 Å². The Labute approximate surface area is 180 Å². The standard InChI is InChI=1S/C22H37N5O3/c1-15-19(30-16-10-8-7-9-11-16)13-12-17(25-15)20(23)18(27(6)24)14-29-21(28)26(5)22(2,3)4/h12-13,16H,7-11,14,23-24H2,1-6H3/b20-18-. The maximum absolute atomic E-state index is 12.3. The summed E-state index contributed by atoms with van der Waals surface area (Å²) < 4.78 is 11.6. The van der Waals surface area contributed by atoms with Crippen molar-refractivity contribution < 1.29 is 14.3 Å². The van der Waals surface area contributed by atoms with Crippen molar-refractivity contribution in [3.8, 4) is 5.75 Å². The lowest BCUT2D eigenvalue weighted by Crippen LogP contribution is -2.43. The molecule has 0 spiro atoms. The Morgan fingerprint density at radius 1 is 1.20 bits per heavy atom. The van der Waals surface area contributed by atoms with Crippen molar-refractivity contribution in [2.24, 2.45) is 11.6 Å². The lowest BCUT2D eigenvalue weighted by Gasteiger charge is -2.31. The van der Waals surface area contributed by atoms with Gasteiger partial charge in [-0.05, 0) is 65.5 Å². The van der Waals surface area contributed by atoms with Gasteiger partial charge in [0.1, 0.15) is 12.4 Å². The average molecular weight is 420 g/mol. The molecule has 1 aromatic heterocycles. The first-order chi connectivity index (χ1) is 14.0. The number of ether oxygens (including phenoxy) is 2. The number of rotatable bonds is 6. The molecule has 1 aromatic rings. The predicted octanol–water partition coefficient (Wildman–Crippen LogP) is 3.40. The summed E-state index contributed by atoms with van der Waals surface area (Å²) in [6.07, 6.45) is 5.67. The summed E-state index contributed by atoms with van der Waals surface area (Å²) in [6.45, 7) is 7.63. The van der Waals surface area contributed by atoms with Crippen molar-refractivity contribution in [3.05, 3.63) is 29.2 Å². The zero-order valence-corrected chi connectivity index (χ0v) is 19.2. The second-order valence-corrected chi connectivity index (χ2v) is 8.91. The van der Waals surface area contributed by atoms with Crippen LogP contribution in [0.2, 0.25) is 0 Å². The Hall–Kier alpha value is -2.48. The lowest BCUT2D eigenvalue weighted by atomic mass is 9.98. The van der Waals surface area contributed by atoms with E-state index in [0.717, 1.165) is 24.3 Å². The molecular formula is C22H37N5O3. The first-order valence-corrected chi connectivity index (χ1v) is 10.5. The van der Waals surface area contributed by atoms with E-state index < -0.39 is 6.09 Å². The molecule has 1 aliphatic carbocycles. The first kappa shape index (κ1) is 23.8. The van der Waals surface area contributed by atoms with E-state index in [4.69, 9.17) is 21.1 Å². The molecule has 2 rings (SSSR count). The SMILES string of the molecule is Cc1nc(/C(N)=C(\COC(=O)N(C)C(C)(C)C)N(C)N)ccc1OC1CCCCC1. The molecule has 1 amide bonds. The van der Waals surface area contributed by atoms with Crippen molar-refractivity contribution in [2.75, 3.05) is 20.7 Å². The number of carbonyl (C=O) groups excluding carboxylic acids is 1. The van der Waals surface area contributed by atoms with Crippen LogP contribution in [0.25, 0.3) is 5.70 Å². The molecular weight excluding hydrogens is 382 g/mol. The topological polar surface area (TPSA) is 107 Å². The number of hydrogen-bond donors (Lipinski definition) is 2. The molecule has 1 fully saturated rings. The molecule has 168 valence electrons. The molecule has 30 heavy (non-hydrogen) atoms. The lowest BCUT2D eigenvalue weighted by molar-refractivity contribution is 0.0834. The zero-order valence-electron chi connectivity index (χ0n) is 19.2. The van der Waals surface area contributed by atoms with Crippen LogP contribution in [-0.4, -0.2) is 53.3 Å². The summed E-state index contributed by atoms with van der Waals surface area (Å²) in [5.41, 5.74) is 8.15. The molecule has 8 nitrogen and oxygen atoms in total. The molecule has 0 saturated heterocycles. The quantitative estimate of drug-likeness (QED) is 0.537. The van der Waals surface area contributed by atoms with Gasteiger partial charge in [-0.3, -0.25) is 0 Å². The smallest absolute Gasteiger partial charge is 0.410 e. The van der Waals surface area contributed by atoms with Crippen molar-refractivity contribution >= 4 is 11.8 Å². The number of aromatic nitrogens is 1. The molecule has 1 aliphatic rings. The Kier molecular flexibility index (Phi) is 7.95. The Bertz CT molecular complexity index is 765. The van der Waals surface area contributed by atoms with Crippen LogP contribution in [0.3, 0.4) is 0 Å². The van der Waals surface area contributed by atoms with Crippen LogP contribution in [0.4, 0.5) is 4.79 Å². The van der Waals surface area contributed by atoms with Crippen LogP contribution < -0.4 is 16.3 Å². The summed E-state index contributed by atoms with van der Waals surface area (Å²) in [5.74, 6) is 6.73. The fourth-order valence-corrected chi connectivity index (χ4v) is 3.20. The minimum atomic E-state index is -0.449. The van der Waals surface area contributed by atoms with Crippen molar-refractivity contribution in [1.29, 1.82) is 0 Å². The van der Waals surface area contributed by atoms with Crippen LogP contribution in [-0.2, 0) is 4.74 Å². The van der Waals surface area contributed by atoms with Gasteiger partial charge >= 0.3 is 6.09 Å². The van der Waals surface area contributed by atoms with E-state index in [2.05, 4.69) is 4.98 Å². The third kappa shape index (κ3) is 6.26. The fourth-order valence-electron chi connectivity index (χ4n) is 3.20. The number of likely N-dealkylation sites (N-methyl/N-ethyl adjacent to an activating group) is 1. The normalized spacial score (nSPS) is 16.0.